The lowest BCUT2D eigenvalue weighted by Crippen LogP contribution is -2.31. The highest BCUT2D eigenvalue weighted by Gasteiger charge is 2.13. The van der Waals surface area contributed by atoms with Gasteiger partial charge >= 0.3 is 0 Å². The molecule has 1 N–H and O–H groups in total. The van der Waals surface area contributed by atoms with E-state index in [2.05, 4.69) is 53.6 Å². The first-order valence-corrected chi connectivity index (χ1v) is 7.36. The molecule has 0 aromatic heterocycles. The lowest BCUT2D eigenvalue weighted by atomic mass is 10.0. The van der Waals surface area contributed by atoms with Crippen LogP contribution in [-0.2, 0) is 6.42 Å². The Hall–Kier alpha value is -2.29. The van der Waals surface area contributed by atoms with E-state index >= 15 is 0 Å². The van der Waals surface area contributed by atoms with Gasteiger partial charge in [-0.1, -0.05) is 48.5 Å². The lowest BCUT2D eigenvalue weighted by Gasteiger charge is -2.12. The zero-order chi connectivity index (χ0) is 14.5. The van der Waals surface area contributed by atoms with Crippen molar-refractivity contribution < 1.29 is 4.74 Å². The predicted molar refractivity (Wildman–Crippen MR) is 86.1 cm³/mol. The van der Waals surface area contributed by atoms with Crippen LogP contribution in [0.5, 0.6) is 5.75 Å². The van der Waals surface area contributed by atoms with Crippen LogP contribution in [0.3, 0.4) is 0 Å². The normalized spacial score (nSPS) is 17.2. The molecule has 0 bridgehead atoms. The number of amidine groups is 1. The molecule has 1 atom stereocenters. The number of nitrogens with one attached hydrogen (secondary N) is 1. The van der Waals surface area contributed by atoms with E-state index in [9.17, 15) is 0 Å². The number of rotatable bonds is 5. The fourth-order valence-electron chi connectivity index (χ4n) is 2.46. The Morgan fingerprint density at radius 1 is 1.10 bits per heavy atom. The third-order valence-corrected chi connectivity index (χ3v) is 3.54. The zero-order valence-electron chi connectivity index (χ0n) is 12.3. The Labute approximate surface area is 125 Å². The lowest BCUT2D eigenvalue weighted by molar-refractivity contribution is 0.369. The van der Waals surface area contributed by atoms with E-state index in [0.717, 1.165) is 24.6 Å². The number of hydrogen-bond acceptors (Lipinski definition) is 3. The standard InChI is InChI=1S/C18H20N2O/c1-14-12-19-18(20-14)13-21-17-10-6-5-9-16(17)11-15-7-3-2-4-8-15/h2-10,14H,11-13H2,1H3,(H,19,20)/t14-/m1/s1. The maximum Gasteiger partial charge on any atom is 0.145 e. The second-order valence-corrected chi connectivity index (χ2v) is 5.39. The molecule has 3 nitrogen and oxygen atoms in total. The fraction of sp³-hybridized carbons (Fsp3) is 0.278. The van der Waals surface area contributed by atoms with Crippen molar-refractivity contribution in [2.24, 2.45) is 4.99 Å². The molecule has 3 rings (SSSR count). The van der Waals surface area contributed by atoms with Crippen molar-refractivity contribution in [3.05, 3.63) is 65.7 Å². The molecule has 1 aliphatic heterocycles. The third kappa shape index (κ3) is 3.63. The Balaban J connectivity index is 1.68. The maximum absolute atomic E-state index is 5.95. The van der Waals surface area contributed by atoms with Gasteiger partial charge in [-0.2, -0.15) is 0 Å². The van der Waals surface area contributed by atoms with E-state index in [-0.39, 0.29) is 0 Å². The molecule has 0 unspecified atom stereocenters. The van der Waals surface area contributed by atoms with E-state index in [1.54, 1.807) is 0 Å². The minimum atomic E-state index is 0.420. The van der Waals surface area contributed by atoms with Crippen molar-refractivity contribution in [3.8, 4) is 5.75 Å². The van der Waals surface area contributed by atoms with Gasteiger partial charge in [0.1, 0.15) is 18.2 Å². The number of para-hydroxylation sites is 1. The number of nitrogens with zero attached hydrogens (tertiary/aromatic N) is 1. The highest BCUT2D eigenvalue weighted by Crippen LogP contribution is 2.21. The van der Waals surface area contributed by atoms with Gasteiger partial charge < -0.3 is 10.1 Å². The SMILES string of the molecule is C[C@@H]1CN=C(COc2ccccc2Cc2ccccc2)N1. The second kappa shape index (κ2) is 6.44. The maximum atomic E-state index is 5.95. The Morgan fingerprint density at radius 3 is 2.62 bits per heavy atom. The molecule has 0 saturated carbocycles. The quantitative estimate of drug-likeness (QED) is 0.913. The van der Waals surface area contributed by atoms with Gasteiger partial charge in [0.15, 0.2) is 0 Å². The average Bonchev–Trinajstić information content (AvgIpc) is 2.93. The fourth-order valence-corrected chi connectivity index (χ4v) is 2.46. The van der Waals surface area contributed by atoms with Crippen LogP contribution in [0.15, 0.2) is 59.6 Å². The molecule has 0 fully saturated rings. The summed E-state index contributed by atoms with van der Waals surface area (Å²) in [5, 5.41) is 3.32. The smallest absolute Gasteiger partial charge is 0.145 e. The molecule has 0 radical (unpaired) electrons. The van der Waals surface area contributed by atoms with Gasteiger partial charge in [-0.05, 0) is 24.1 Å². The summed E-state index contributed by atoms with van der Waals surface area (Å²) in [5.74, 6) is 1.88. The first-order valence-electron chi connectivity index (χ1n) is 7.36. The minimum absolute atomic E-state index is 0.420. The largest absolute Gasteiger partial charge is 0.485 e. The summed E-state index contributed by atoms with van der Waals surface area (Å²) < 4.78 is 5.95. The van der Waals surface area contributed by atoms with Gasteiger partial charge in [-0.15, -0.1) is 0 Å². The van der Waals surface area contributed by atoms with Gasteiger partial charge in [0.25, 0.3) is 0 Å². The summed E-state index contributed by atoms with van der Waals surface area (Å²) in [5.41, 5.74) is 2.49. The molecule has 3 heteroatoms. The van der Waals surface area contributed by atoms with Crippen LogP contribution in [0.2, 0.25) is 0 Å². The molecule has 108 valence electrons. The number of ether oxygens (including phenoxy) is 1. The predicted octanol–water partition coefficient (Wildman–Crippen LogP) is 3.05. The third-order valence-electron chi connectivity index (χ3n) is 3.54. The molecular weight excluding hydrogens is 260 g/mol. The Kier molecular flexibility index (Phi) is 4.20. The summed E-state index contributed by atoms with van der Waals surface area (Å²) in [6, 6.07) is 19.1. The van der Waals surface area contributed by atoms with Crippen molar-refractivity contribution in [1.82, 2.24) is 5.32 Å². The summed E-state index contributed by atoms with van der Waals surface area (Å²) in [6.07, 6.45) is 0.882. The van der Waals surface area contributed by atoms with Gasteiger partial charge in [0.2, 0.25) is 0 Å². The number of benzene rings is 2. The van der Waals surface area contributed by atoms with Crippen molar-refractivity contribution in [3.63, 3.8) is 0 Å². The topological polar surface area (TPSA) is 33.6 Å². The molecule has 2 aromatic rings. The van der Waals surface area contributed by atoms with E-state index in [4.69, 9.17) is 4.74 Å². The van der Waals surface area contributed by atoms with E-state index in [1.165, 1.54) is 11.1 Å². The van der Waals surface area contributed by atoms with Crippen LogP contribution in [0.1, 0.15) is 18.1 Å². The van der Waals surface area contributed by atoms with E-state index in [0.29, 0.717) is 12.6 Å². The van der Waals surface area contributed by atoms with Crippen LogP contribution in [0.25, 0.3) is 0 Å². The minimum Gasteiger partial charge on any atom is -0.485 e. The summed E-state index contributed by atoms with van der Waals surface area (Å²) in [4.78, 5) is 4.43. The van der Waals surface area contributed by atoms with Crippen LogP contribution >= 0.6 is 0 Å². The molecule has 0 spiro atoms. The monoisotopic (exact) mass is 280 g/mol. The summed E-state index contributed by atoms with van der Waals surface area (Å²) in [6.45, 7) is 3.47. The molecule has 0 saturated heterocycles. The second-order valence-electron chi connectivity index (χ2n) is 5.39. The van der Waals surface area contributed by atoms with E-state index in [1.807, 2.05) is 18.2 Å². The molecule has 1 heterocycles. The van der Waals surface area contributed by atoms with Gasteiger partial charge in [-0.3, -0.25) is 4.99 Å². The molecule has 0 amide bonds. The van der Waals surface area contributed by atoms with Gasteiger partial charge in [-0.25, -0.2) is 0 Å². The Bertz CT molecular complexity index is 622. The molecule has 2 aromatic carbocycles. The number of aliphatic imine (C=N–C) groups is 1. The first-order chi connectivity index (χ1) is 10.3. The molecule has 0 aliphatic carbocycles. The van der Waals surface area contributed by atoms with Crippen molar-refractivity contribution in [2.45, 2.75) is 19.4 Å². The highest BCUT2D eigenvalue weighted by molar-refractivity contribution is 5.85. The first kappa shape index (κ1) is 13.7. The van der Waals surface area contributed by atoms with Crippen LogP contribution in [-0.4, -0.2) is 25.0 Å². The van der Waals surface area contributed by atoms with Crippen LogP contribution < -0.4 is 10.1 Å². The van der Waals surface area contributed by atoms with E-state index < -0.39 is 0 Å². The van der Waals surface area contributed by atoms with Gasteiger partial charge in [0, 0.05) is 12.5 Å². The highest BCUT2D eigenvalue weighted by atomic mass is 16.5. The average molecular weight is 280 g/mol. The molecule has 1 aliphatic rings. The van der Waals surface area contributed by atoms with Gasteiger partial charge in [0.05, 0.1) is 6.54 Å². The van der Waals surface area contributed by atoms with Crippen LogP contribution in [0, 0.1) is 0 Å². The Morgan fingerprint density at radius 2 is 1.86 bits per heavy atom. The summed E-state index contributed by atoms with van der Waals surface area (Å²) >= 11 is 0. The van der Waals surface area contributed by atoms with Crippen molar-refractivity contribution in [1.29, 1.82) is 0 Å². The molecular formula is C18H20N2O. The summed E-state index contributed by atoms with van der Waals surface area (Å²) in [7, 11) is 0. The van der Waals surface area contributed by atoms with Crippen molar-refractivity contribution >= 4 is 5.84 Å². The van der Waals surface area contributed by atoms with Crippen molar-refractivity contribution in [2.75, 3.05) is 13.2 Å². The molecule has 21 heavy (non-hydrogen) atoms. The number of hydrogen-bond donors (Lipinski definition) is 1. The van der Waals surface area contributed by atoms with Crippen LogP contribution in [0.4, 0.5) is 0 Å². The zero-order valence-corrected chi connectivity index (χ0v) is 12.3.